The van der Waals surface area contributed by atoms with Gasteiger partial charge in [0.05, 0.1) is 11.4 Å². The van der Waals surface area contributed by atoms with Crippen molar-refractivity contribution < 1.29 is 0 Å². The average molecular weight is 426 g/mol. The first kappa shape index (κ1) is 19.6. The molecular formula is C22H22N10. The van der Waals surface area contributed by atoms with Gasteiger partial charge in [0.25, 0.3) is 0 Å². The molecule has 2 aromatic heterocycles. The quantitative estimate of drug-likeness (QED) is 0.462. The molecule has 1 aliphatic heterocycles. The molecule has 32 heavy (non-hydrogen) atoms. The largest absolute Gasteiger partial charge is 0.374 e. The number of para-hydroxylation sites is 2. The van der Waals surface area contributed by atoms with Crippen LogP contribution in [0.2, 0.25) is 0 Å². The van der Waals surface area contributed by atoms with Crippen molar-refractivity contribution in [2.24, 2.45) is 0 Å². The number of hydrogen-bond donors (Lipinski definition) is 0. The monoisotopic (exact) mass is 426 g/mol. The summed E-state index contributed by atoms with van der Waals surface area (Å²) in [6, 6.07) is 19.7. The van der Waals surface area contributed by atoms with Crippen LogP contribution in [-0.2, 0) is 0 Å². The van der Waals surface area contributed by atoms with E-state index in [0.717, 1.165) is 37.6 Å². The van der Waals surface area contributed by atoms with E-state index in [9.17, 15) is 0 Å². The highest BCUT2D eigenvalue weighted by molar-refractivity contribution is 5.45. The Hall–Kier alpha value is -4.34. The highest BCUT2D eigenvalue weighted by Gasteiger charge is 2.13. The molecule has 10 nitrogen and oxygen atoms in total. The third kappa shape index (κ3) is 4.38. The molecule has 0 bridgehead atoms. The van der Waals surface area contributed by atoms with Crippen LogP contribution in [0.1, 0.15) is 11.6 Å². The minimum absolute atomic E-state index is 0.700. The molecule has 0 unspecified atom stereocenters. The number of nitrogens with zero attached hydrogens (tertiary/aromatic N) is 10. The summed E-state index contributed by atoms with van der Waals surface area (Å²) in [5.41, 5.74) is 1.87. The minimum Gasteiger partial charge on any atom is -0.374 e. The molecule has 5 rings (SSSR count). The summed E-state index contributed by atoms with van der Waals surface area (Å²) in [6.45, 7) is 3.60. The summed E-state index contributed by atoms with van der Waals surface area (Å²) in [4.78, 5) is 4.53. The number of rotatable bonds is 6. The Labute approximate surface area is 185 Å². The molecule has 0 aliphatic carbocycles. The van der Waals surface area contributed by atoms with Crippen molar-refractivity contribution in [1.29, 1.82) is 0 Å². The number of piperazine rings is 1. The lowest BCUT2D eigenvalue weighted by Crippen LogP contribution is -2.41. The Kier molecular flexibility index (Phi) is 5.64. The Morgan fingerprint density at radius 1 is 0.562 bits per heavy atom. The van der Waals surface area contributed by atoms with Crippen LogP contribution in [0.3, 0.4) is 0 Å². The number of aromatic nitrogens is 8. The van der Waals surface area contributed by atoms with E-state index in [2.05, 4.69) is 53.3 Å². The molecule has 0 saturated carbocycles. The molecule has 1 fully saturated rings. The fourth-order valence-corrected chi connectivity index (χ4v) is 3.48. The number of benzene rings is 2. The van der Waals surface area contributed by atoms with Gasteiger partial charge >= 0.3 is 0 Å². The molecule has 1 saturated heterocycles. The molecule has 4 aromatic rings. The normalized spacial score (nSPS) is 14.6. The van der Waals surface area contributed by atoms with Gasteiger partial charge in [-0.25, -0.2) is 0 Å². The molecule has 0 atom stereocenters. The lowest BCUT2D eigenvalue weighted by Gasteiger charge is -2.33. The Balaban J connectivity index is 1.18. The second-order valence-electron chi connectivity index (χ2n) is 7.27. The van der Waals surface area contributed by atoms with Crippen LogP contribution >= 0.6 is 0 Å². The number of tetrazole rings is 2. The second-order valence-corrected chi connectivity index (χ2v) is 7.27. The zero-order valence-corrected chi connectivity index (χ0v) is 17.4. The molecule has 160 valence electrons. The van der Waals surface area contributed by atoms with E-state index in [4.69, 9.17) is 0 Å². The van der Waals surface area contributed by atoms with E-state index >= 15 is 0 Å². The smallest absolute Gasteiger partial charge is 0.181 e. The zero-order valence-electron chi connectivity index (χ0n) is 17.4. The minimum atomic E-state index is 0.700. The van der Waals surface area contributed by atoms with Crippen LogP contribution in [-0.4, -0.2) is 76.4 Å². The standard InChI is InChI=1S/C22H22N10/c1-3-7-19(8-4-1)31-21(23-25-27-31)11-13-29-15-17-30(18-16-29)14-12-22-24-26-28-32(22)20-9-5-2-6-10-20/h1-14H,15-18H2/b13-11+,14-12+. The van der Waals surface area contributed by atoms with E-state index in [1.165, 1.54) is 0 Å². The van der Waals surface area contributed by atoms with Gasteiger partial charge in [-0.2, -0.15) is 9.36 Å². The molecule has 0 radical (unpaired) electrons. The predicted octanol–water partition coefficient (Wildman–Crippen LogP) is 1.90. The predicted molar refractivity (Wildman–Crippen MR) is 120 cm³/mol. The Morgan fingerprint density at radius 2 is 0.969 bits per heavy atom. The van der Waals surface area contributed by atoms with E-state index in [0.29, 0.717) is 11.6 Å². The SMILES string of the molecule is C(=C\N1CCN(/C=C/c2nnnn2-c2ccccc2)CC1)/c1nnnn1-c1ccccc1. The van der Waals surface area contributed by atoms with Crippen LogP contribution in [0.5, 0.6) is 0 Å². The maximum absolute atomic E-state index is 4.13. The molecule has 2 aromatic carbocycles. The molecule has 3 heterocycles. The van der Waals surface area contributed by atoms with Crippen LogP contribution in [0.25, 0.3) is 23.5 Å². The van der Waals surface area contributed by atoms with Crippen LogP contribution in [0.4, 0.5) is 0 Å². The van der Waals surface area contributed by atoms with Gasteiger partial charge in [-0.15, -0.1) is 10.2 Å². The third-order valence-corrected chi connectivity index (χ3v) is 5.21. The summed E-state index contributed by atoms with van der Waals surface area (Å²) in [5, 5.41) is 24.1. The average Bonchev–Trinajstić information content (AvgIpc) is 3.53. The summed E-state index contributed by atoms with van der Waals surface area (Å²) >= 11 is 0. The van der Waals surface area contributed by atoms with Crippen molar-refractivity contribution in [3.05, 3.63) is 84.7 Å². The van der Waals surface area contributed by atoms with Crippen molar-refractivity contribution in [1.82, 2.24) is 50.2 Å². The van der Waals surface area contributed by atoms with Crippen molar-refractivity contribution in [3.8, 4) is 11.4 Å². The summed E-state index contributed by atoms with van der Waals surface area (Å²) in [7, 11) is 0. The highest BCUT2D eigenvalue weighted by Crippen LogP contribution is 2.11. The molecule has 10 heteroatoms. The van der Waals surface area contributed by atoms with Crippen molar-refractivity contribution in [2.45, 2.75) is 0 Å². The lowest BCUT2D eigenvalue weighted by atomic mass is 10.3. The van der Waals surface area contributed by atoms with Gasteiger partial charge in [-0.3, -0.25) is 0 Å². The molecular weight excluding hydrogens is 404 g/mol. The van der Waals surface area contributed by atoms with Gasteiger partial charge in [0.1, 0.15) is 0 Å². The van der Waals surface area contributed by atoms with Crippen LogP contribution in [0.15, 0.2) is 73.1 Å². The fraction of sp³-hybridized carbons (Fsp3) is 0.182. The molecule has 0 spiro atoms. The van der Waals surface area contributed by atoms with Crippen molar-refractivity contribution >= 4 is 12.2 Å². The molecule has 1 aliphatic rings. The topological polar surface area (TPSA) is 93.7 Å². The Morgan fingerprint density at radius 3 is 1.38 bits per heavy atom. The van der Waals surface area contributed by atoms with E-state index in [1.54, 1.807) is 9.36 Å². The first-order chi connectivity index (χ1) is 15.9. The summed E-state index contributed by atoms with van der Waals surface area (Å²) in [5.74, 6) is 1.40. The molecule has 0 amide bonds. The van der Waals surface area contributed by atoms with Crippen LogP contribution < -0.4 is 0 Å². The van der Waals surface area contributed by atoms with Crippen molar-refractivity contribution in [3.63, 3.8) is 0 Å². The Bertz CT molecular complexity index is 1090. The first-order valence-electron chi connectivity index (χ1n) is 10.4. The van der Waals surface area contributed by atoms with E-state index < -0.39 is 0 Å². The van der Waals surface area contributed by atoms with Gasteiger partial charge in [-0.1, -0.05) is 36.4 Å². The van der Waals surface area contributed by atoms with Crippen LogP contribution in [0, 0.1) is 0 Å². The highest BCUT2D eigenvalue weighted by atomic mass is 15.5. The van der Waals surface area contributed by atoms with E-state index in [-0.39, 0.29) is 0 Å². The van der Waals surface area contributed by atoms with Gasteiger partial charge in [0.2, 0.25) is 0 Å². The van der Waals surface area contributed by atoms with Crippen molar-refractivity contribution in [2.75, 3.05) is 26.2 Å². The first-order valence-corrected chi connectivity index (χ1v) is 10.4. The summed E-state index contributed by atoms with van der Waals surface area (Å²) < 4.78 is 3.46. The lowest BCUT2D eigenvalue weighted by molar-refractivity contribution is 0.220. The second kappa shape index (κ2) is 9.21. The zero-order chi connectivity index (χ0) is 21.6. The summed E-state index contributed by atoms with van der Waals surface area (Å²) in [6.07, 6.45) is 8.02. The van der Waals surface area contributed by atoms with Gasteiger partial charge in [0, 0.05) is 50.7 Å². The van der Waals surface area contributed by atoms with Gasteiger partial charge < -0.3 is 9.80 Å². The third-order valence-electron chi connectivity index (χ3n) is 5.21. The van der Waals surface area contributed by atoms with Gasteiger partial charge in [0.15, 0.2) is 11.6 Å². The maximum atomic E-state index is 4.13. The molecule has 0 N–H and O–H groups in total. The maximum Gasteiger partial charge on any atom is 0.181 e. The van der Waals surface area contributed by atoms with Gasteiger partial charge in [-0.05, 0) is 45.1 Å². The van der Waals surface area contributed by atoms with E-state index in [1.807, 2.05) is 72.8 Å². The fourth-order valence-electron chi connectivity index (χ4n) is 3.48. The number of hydrogen-bond acceptors (Lipinski definition) is 8.